The second-order valence-corrected chi connectivity index (χ2v) is 6.74. The maximum absolute atomic E-state index is 12.7. The highest BCUT2D eigenvalue weighted by Crippen LogP contribution is 2.61. The quantitative estimate of drug-likeness (QED) is 0.917. The van der Waals surface area contributed by atoms with Gasteiger partial charge in [0.2, 0.25) is 11.8 Å². The molecule has 1 atom stereocenters. The highest BCUT2D eigenvalue weighted by molar-refractivity contribution is 5.95. The molecule has 3 aliphatic rings. The number of amides is 2. The van der Waals surface area contributed by atoms with Crippen LogP contribution in [0.5, 0.6) is 0 Å². The second kappa shape index (κ2) is 4.58. The third-order valence-electron chi connectivity index (χ3n) is 5.17. The summed E-state index contributed by atoms with van der Waals surface area (Å²) < 4.78 is 0. The number of nitrogens with one attached hydrogen (secondary N) is 1. The van der Waals surface area contributed by atoms with Crippen molar-refractivity contribution in [3.8, 4) is 0 Å². The first-order chi connectivity index (χ1) is 10.2. The molecule has 4 nitrogen and oxygen atoms in total. The summed E-state index contributed by atoms with van der Waals surface area (Å²) in [7, 11) is 0. The molecule has 1 unspecified atom stereocenters. The van der Waals surface area contributed by atoms with Crippen LogP contribution in [0, 0.1) is 11.3 Å². The van der Waals surface area contributed by atoms with Crippen LogP contribution in [0.1, 0.15) is 37.3 Å². The zero-order valence-electron chi connectivity index (χ0n) is 12.0. The smallest absolute Gasteiger partial charge is 0.250 e. The molecule has 3 fully saturated rings. The minimum Gasteiger partial charge on any atom is -0.339 e. The summed E-state index contributed by atoms with van der Waals surface area (Å²) in [5, 5.41) is 2.83. The Bertz CT molecular complexity index is 576. The zero-order valence-corrected chi connectivity index (χ0v) is 12.0. The third kappa shape index (κ3) is 2.33. The van der Waals surface area contributed by atoms with Gasteiger partial charge in [0.15, 0.2) is 0 Å². The first kappa shape index (κ1) is 12.9. The number of carbonyl (C=O) groups is 2. The molecule has 4 rings (SSSR count). The summed E-state index contributed by atoms with van der Waals surface area (Å²) in [5.74, 6) is 0.799. The second-order valence-electron chi connectivity index (χ2n) is 6.74. The van der Waals surface area contributed by atoms with Crippen molar-refractivity contribution in [2.45, 2.75) is 31.7 Å². The Morgan fingerprint density at radius 2 is 1.86 bits per heavy atom. The summed E-state index contributed by atoms with van der Waals surface area (Å²) >= 11 is 0. The van der Waals surface area contributed by atoms with Crippen LogP contribution >= 0.6 is 0 Å². The van der Waals surface area contributed by atoms with Gasteiger partial charge in [-0.2, -0.15) is 0 Å². The summed E-state index contributed by atoms with van der Waals surface area (Å²) in [6.07, 6.45) is 5.05. The summed E-state index contributed by atoms with van der Waals surface area (Å²) in [5.41, 5.74) is 1.21. The average molecular weight is 284 g/mol. The van der Waals surface area contributed by atoms with E-state index in [1.54, 1.807) is 4.90 Å². The Morgan fingerprint density at radius 1 is 1.14 bits per heavy atom. The van der Waals surface area contributed by atoms with Crippen molar-refractivity contribution in [2.75, 3.05) is 13.1 Å². The van der Waals surface area contributed by atoms with E-state index in [0.29, 0.717) is 5.41 Å². The largest absolute Gasteiger partial charge is 0.339 e. The number of carbonyl (C=O) groups excluding carboxylic acids is 2. The van der Waals surface area contributed by atoms with Gasteiger partial charge < -0.3 is 10.2 Å². The number of rotatable bonds is 4. The van der Waals surface area contributed by atoms with E-state index in [4.69, 9.17) is 0 Å². The van der Waals surface area contributed by atoms with Crippen LogP contribution in [0.2, 0.25) is 0 Å². The van der Waals surface area contributed by atoms with Crippen LogP contribution in [-0.4, -0.2) is 29.8 Å². The minimum atomic E-state index is -0.512. The highest BCUT2D eigenvalue weighted by atomic mass is 16.2. The van der Waals surface area contributed by atoms with Crippen LogP contribution < -0.4 is 5.32 Å². The van der Waals surface area contributed by atoms with Crippen molar-refractivity contribution in [2.24, 2.45) is 11.3 Å². The van der Waals surface area contributed by atoms with E-state index in [0.717, 1.165) is 18.0 Å². The number of nitrogens with zero attached hydrogens (tertiary/aromatic N) is 1. The molecule has 2 saturated carbocycles. The molecule has 1 aromatic carbocycles. The van der Waals surface area contributed by atoms with Gasteiger partial charge in [-0.05, 0) is 42.6 Å². The van der Waals surface area contributed by atoms with Crippen LogP contribution in [0.3, 0.4) is 0 Å². The van der Waals surface area contributed by atoms with Crippen LogP contribution in [0.4, 0.5) is 0 Å². The van der Waals surface area contributed by atoms with Crippen LogP contribution in [0.25, 0.3) is 0 Å². The topological polar surface area (TPSA) is 49.4 Å². The Kier molecular flexibility index (Phi) is 2.81. The monoisotopic (exact) mass is 284 g/mol. The normalized spacial score (nSPS) is 27.4. The predicted octanol–water partition coefficient (Wildman–Crippen LogP) is 1.88. The Hall–Kier alpha value is -1.84. The Morgan fingerprint density at radius 3 is 2.48 bits per heavy atom. The van der Waals surface area contributed by atoms with Crippen molar-refractivity contribution in [3.63, 3.8) is 0 Å². The van der Waals surface area contributed by atoms with Crippen molar-refractivity contribution in [3.05, 3.63) is 35.9 Å². The molecule has 1 aliphatic heterocycles. The van der Waals surface area contributed by atoms with Crippen molar-refractivity contribution < 1.29 is 9.59 Å². The van der Waals surface area contributed by atoms with Gasteiger partial charge in [0.25, 0.3) is 0 Å². The van der Waals surface area contributed by atoms with Gasteiger partial charge in [0, 0.05) is 6.54 Å². The van der Waals surface area contributed by atoms with Gasteiger partial charge in [-0.1, -0.05) is 30.3 Å². The van der Waals surface area contributed by atoms with Gasteiger partial charge in [-0.3, -0.25) is 9.59 Å². The maximum Gasteiger partial charge on any atom is 0.250 e. The first-order valence-electron chi connectivity index (χ1n) is 7.81. The lowest BCUT2D eigenvalue weighted by Crippen LogP contribution is -2.54. The molecule has 1 heterocycles. The maximum atomic E-state index is 12.7. The molecule has 1 N–H and O–H groups in total. The molecule has 0 bridgehead atoms. The molecule has 21 heavy (non-hydrogen) atoms. The number of benzene rings is 1. The molecule has 0 spiro atoms. The highest BCUT2D eigenvalue weighted by Gasteiger charge is 2.55. The van der Waals surface area contributed by atoms with Crippen molar-refractivity contribution >= 4 is 11.8 Å². The van der Waals surface area contributed by atoms with E-state index in [2.05, 4.69) is 5.32 Å². The van der Waals surface area contributed by atoms with Gasteiger partial charge in [-0.25, -0.2) is 0 Å². The molecular formula is C17H20N2O2. The fourth-order valence-corrected chi connectivity index (χ4v) is 3.64. The molecule has 110 valence electrons. The van der Waals surface area contributed by atoms with Gasteiger partial charge in [0.1, 0.15) is 6.04 Å². The lowest BCUT2D eigenvalue weighted by molar-refractivity contribution is -0.145. The van der Waals surface area contributed by atoms with Gasteiger partial charge in [0.05, 0.1) is 6.54 Å². The van der Waals surface area contributed by atoms with Gasteiger partial charge >= 0.3 is 0 Å². The zero-order chi connectivity index (χ0) is 14.4. The van der Waals surface area contributed by atoms with E-state index < -0.39 is 6.04 Å². The average Bonchev–Trinajstić information content (AvgIpc) is 3.36. The molecular weight excluding hydrogens is 264 g/mol. The predicted molar refractivity (Wildman–Crippen MR) is 78.3 cm³/mol. The molecule has 2 amide bonds. The lowest BCUT2D eigenvalue weighted by Gasteiger charge is -2.35. The fraction of sp³-hybridized carbons (Fsp3) is 0.529. The molecule has 0 radical (unpaired) electrons. The van der Waals surface area contributed by atoms with E-state index in [9.17, 15) is 9.59 Å². The Labute approximate surface area is 124 Å². The molecule has 1 saturated heterocycles. The number of hydrogen-bond acceptors (Lipinski definition) is 2. The van der Waals surface area contributed by atoms with Crippen LogP contribution in [0.15, 0.2) is 30.3 Å². The van der Waals surface area contributed by atoms with E-state index >= 15 is 0 Å². The molecule has 0 aromatic heterocycles. The molecule has 1 aromatic rings. The lowest BCUT2D eigenvalue weighted by atomic mass is 9.97. The standard InChI is InChI=1S/C17H20N2O2/c20-14-10-19(11-17(8-9-17)13-6-7-13)16(21)15(18-14)12-4-2-1-3-5-12/h1-5,13,15H,6-11H2,(H,18,20). The van der Waals surface area contributed by atoms with E-state index in [1.807, 2.05) is 30.3 Å². The Balaban J connectivity index is 1.54. The van der Waals surface area contributed by atoms with Gasteiger partial charge in [-0.15, -0.1) is 0 Å². The van der Waals surface area contributed by atoms with E-state index in [-0.39, 0.29) is 18.4 Å². The van der Waals surface area contributed by atoms with E-state index in [1.165, 1.54) is 25.7 Å². The SMILES string of the molecule is O=C1CN(CC2(C3CC3)CC2)C(=O)C(c2ccccc2)N1. The first-order valence-corrected chi connectivity index (χ1v) is 7.81. The minimum absolute atomic E-state index is 0.0463. The number of hydrogen-bond donors (Lipinski definition) is 1. The van der Waals surface area contributed by atoms with Crippen molar-refractivity contribution in [1.29, 1.82) is 0 Å². The number of piperazine rings is 1. The molecule has 2 aliphatic carbocycles. The summed E-state index contributed by atoms with van der Waals surface area (Å²) in [6.45, 7) is 0.990. The third-order valence-corrected chi connectivity index (χ3v) is 5.17. The fourth-order valence-electron chi connectivity index (χ4n) is 3.64. The van der Waals surface area contributed by atoms with Crippen molar-refractivity contribution in [1.82, 2.24) is 10.2 Å². The molecule has 4 heteroatoms. The summed E-state index contributed by atoms with van der Waals surface area (Å²) in [6, 6.07) is 9.02. The van der Waals surface area contributed by atoms with Crippen LogP contribution in [-0.2, 0) is 9.59 Å². The summed E-state index contributed by atoms with van der Waals surface area (Å²) in [4.78, 5) is 26.5.